The topological polar surface area (TPSA) is 47.0 Å². The van der Waals surface area contributed by atoms with Gasteiger partial charge in [-0.15, -0.1) is 0 Å². The molecule has 24 heavy (non-hydrogen) atoms. The predicted molar refractivity (Wildman–Crippen MR) is 98.1 cm³/mol. The molecular formula is C19H31N3O2. The van der Waals surface area contributed by atoms with Crippen molar-refractivity contribution in [2.75, 3.05) is 39.1 Å². The molecule has 1 N–H and O–H groups in total. The minimum atomic E-state index is -0.767. The molecule has 2 rings (SSSR count). The predicted octanol–water partition coefficient (Wildman–Crippen LogP) is 1.95. The number of hydrogen-bond acceptors (Lipinski definition) is 4. The van der Waals surface area contributed by atoms with Gasteiger partial charge in [0.15, 0.2) is 0 Å². The number of benzene rings is 1. The van der Waals surface area contributed by atoms with E-state index in [1.54, 1.807) is 4.90 Å². The largest absolute Gasteiger partial charge is 0.389 e. The molecule has 1 heterocycles. The maximum atomic E-state index is 12.5. The zero-order valence-electron chi connectivity index (χ0n) is 15.6. The normalized spacial score (nSPS) is 18.7. The fourth-order valence-electron chi connectivity index (χ4n) is 3.37. The first-order valence-corrected chi connectivity index (χ1v) is 8.65. The number of amides is 1. The van der Waals surface area contributed by atoms with E-state index < -0.39 is 5.60 Å². The molecule has 5 heteroatoms. The summed E-state index contributed by atoms with van der Waals surface area (Å²) in [5.74, 6) is 0.0998. The summed E-state index contributed by atoms with van der Waals surface area (Å²) in [5.41, 5.74) is 1.51. The zero-order chi connectivity index (χ0) is 17.9. The van der Waals surface area contributed by atoms with Crippen LogP contribution in [0.1, 0.15) is 32.3 Å². The molecule has 0 radical (unpaired) electrons. The Kier molecular flexibility index (Phi) is 5.88. The minimum Gasteiger partial charge on any atom is -0.389 e. The monoisotopic (exact) mass is 333 g/mol. The van der Waals surface area contributed by atoms with Crippen LogP contribution < -0.4 is 4.90 Å². The van der Waals surface area contributed by atoms with E-state index in [0.717, 1.165) is 30.6 Å². The van der Waals surface area contributed by atoms with Crippen LogP contribution in [0.15, 0.2) is 24.3 Å². The van der Waals surface area contributed by atoms with Crippen molar-refractivity contribution >= 4 is 11.6 Å². The summed E-state index contributed by atoms with van der Waals surface area (Å²) in [4.78, 5) is 18.5. The van der Waals surface area contributed by atoms with Gasteiger partial charge in [-0.2, -0.15) is 0 Å². The summed E-state index contributed by atoms with van der Waals surface area (Å²) in [6, 6.07) is 8.33. The summed E-state index contributed by atoms with van der Waals surface area (Å²) in [7, 11) is 5.87. The van der Waals surface area contributed by atoms with Gasteiger partial charge < -0.3 is 14.9 Å². The molecule has 1 aliphatic heterocycles. The SMILES string of the molecule is CN(Cc1ccc(N(C)C)cc1)C(=O)CN1CCCC1C(C)(C)O. The van der Waals surface area contributed by atoms with Crippen LogP contribution in [0.4, 0.5) is 5.69 Å². The highest BCUT2D eigenvalue weighted by Crippen LogP contribution is 2.26. The Morgan fingerprint density at radius 3 is 2.42 bits per heavy atom. The minimum absolute atomic E-state index is 0.0641. The molecule has 1 atom stereocenters. The van der Waals surface area contributed by atoms with E-state index in [0.29, 0.717) is 13.1 Å². The Balaban J connectivity index is 1.92. The van der Waals surface area contributed by atoms with Gasteiger partial charge in [0, 0.05) is 39.4 Å². The van der Waals surface area contributed by atoms with Crippen molar-refractivity contribution < 1.29 is 9.90 Å². The lowest BCUT2D eigenvalue weighted by Crippen LogP contribution is -2.49. The first-order valence-electron chi connectivity index (χ1n) is 8.65. The summed E-state index contributed by atoms with van der Waals surface area (Å²) in [5, 5.41) is 10.3. The van der Waals surface area contributed by atoms with Crippen molar-refractivity contribution in [3.8, 4) is 0 Å². The standard InChI is InChI=1S/C19H31N3O2/c1-19(2,24)17-7-6-12-22(17)14-18(23)21(5)13-15-8-10-16(11-9-15)20(3)4/h8-11,17,24H,6-7,12-14H2,1-5H3. The van der Waals surface area contributed by atoms with Gasteiger partial charge in [-0.1, -0.05) is 12.1 Å². The Labute approximate surface area is 145 Å². The lowest BCUT2D eigenvalue weighted by atomic mass is 9.97. The number of carbonyl (C=O) groups excluding carboxylic acids is 1. The number of aliphatic hydroxyl groups is 1. The van der Waals surface area contributed by atoms with E-state index in [2.05, 4.69) is 34.1 Å². The molecule has 0 aliphatic carbocycles. The van der Waals surface area contributed by atoms with E-state index in [9.17, 15) is 9.90 Å². The van der Waals surface area contributed by atoms with E-state index in [4.69, 9.17) is 0 Å². The highest BCUT2D eigenvalue weighted by atomic mass is 16.3. The number of likely N-dealkylation sites (tertiary alicyclic amines) is 1. The van der Waals surface area contributed by atoms with Crippen LogP contribution in [0.2, 0.25) is 0 Å². The van der Waals surface area contributed by atoms with Crippen LogP contribution in [0.25, 0.3) is 0 Å². The van der Waals surface area contributed by atoms with Gasteiger partial charge in [0.25, 0.3) is 0 Å². The summed E-state index contributed by atoms with van der Waals surface area (Å²) in [6.45, 7) is 5.52. The van der Waals surface area contributed by atoms with Crippen LogP contribution in [0.5, 0.6) is 0 Å². The third-order valence-corrected chi connectivity index (χ3v) is 4.82. The lowest BCUT2D eigenvalue weighted by molar-refractivity contribution is -0.132. The Morgan fingerprint density at radius 1 is 1.25 bits per heavy atom. The van der Waals surface area contributed by atoms with E-state index >= 15 is 0 Å². The molecule has 1 aromatic rings. The molecule has 0 saturated carbocycles. The number of nitrogens with zero attached hydrogens (tertiary/aromatic N) is 3. The molecule has 0 bridgehead atoms. The van der Waals surface area contributed by atoms with Gasteiger partial charge in [-0.05, 0) is 50.9 Å². The van der Waals surface area contributed by atoms with Gasteiger partial charge in [0.05, 0.1) is 12.1 Å². The van der Waals surface area contributed by atoms with Crippen molar-refractivity contribution in [2.24, 2.45) is 0 Å². The number of rotatable bonds is 6. The van der Waals surface area contributed by atoms with Gasteiger partial charge in [-0.3, -0.25) is 9.69 Å². The van der Waals surface area contributed by atoms with Crippen molar-refractivity contribution in [3.63, 3.8) is 0 Å². The molecule has 1 saturated heterocycles. The first-order chi connectivity index (χ1) is 11.2. The van der Waals surface area contributed by atoms with Crippen molar-refractivity contribution in [1.82, 2.24) is 9.80 Å². The highest BCUT2D eigenvalue weighted by Gasteiger charge is 2.36. The molecule has 1 fully saturated rings. The van der Waals surface area contributed by atoms with E-state index in [1.165, 1.54) is 0 Å². The van der Waals surface area contributed by atoms with Gasteiger partial charge in [0.2, 0.25) is 5.91 Å². The summed E-state index contributed by atoms with van der Waals surface area (Å²) in [6.07, 6.45) is 1.99. The summed E-state index contributed by atoms with van der Waals surface area (Å²) >= 11 is 0. The van der Waals surface area contributed by atoms with Gasteiger partial charge in [-0.25, -0.2) is 0 Å². The van der Waals surface area contributed by atoms with Crippen molar-refractivity contribution in [2.45, 2.75) is 44.9 Å². The molecular weight excluding hydrogens is 302 g/mol. The molecule has 1 unspecified atom stereocenters. The number of carbonyl (C=O) groups is 1. The zero-order valence-corrected chi connectivity index (χ0v) is 15.6. The number of likely N-dealkylation sites (N-methyl/N-ethyl adjacent to an activating group) is 1. The smallest absolute Gasteiger partial charge is 0.236 e. The third-order valence-electron chi connectivity index (χ3n) is 4.82. The molecule has 1 aliphatic rings. The van der Waals surface area contributed by atoms with Crippen LogP contribution >= 0.6 is 0 Å². The molecule has 0 spiro atoms. The second-order valence-corrected chi connectivity index (χ2v) is 7.59. The Hall–Kier alpha value is -1.59. The first kappa shape index (κ1) is 18.7. The van der Waals surface area contributed by atoms with Gasteiger partial charge in [0.1, 0.15) is 0 Å². The van der Waals surface area contributed by atoms with Crippen LogP contribution in [0.3, 0.4) is 0 Å². The maximum Gasteiger partial charge on any atom is 0.236 e. The van der Waals surface area contributed by atoms with E-state index in [1.807, 2.05) is 35.0 Å². The average Bonchev–Trinajstić information content (AvgIpc) is 2.96. The maximum absolute atomic E-state index is 12.5. The fraction of sp³-hybridized carbons (Fsp3) is 0.632. The molecule has 5 nitrogen and oxygen atoms in total. The molecule has 1 amide bonds. The highest BCUT2D eigenvalue weighted by molar-refractivity contribution is 5.78. The quantitative estimate of drug-likeness (QED) is 0.864. The van der Waals surface area contributed by atoms with Crippen LogP contribution in [-0.4, -0.2) is 66.7 Å². The van der Waals surface area contributed by atoms with Crippen molar-refractivity contribution in [3.05, 3.63) is 29.8 Å². The molecule has 134 valence electrons. The average molecular weight is 333 g/mol. The third kappa shape index (κ3) is 4.71. The Morgan fingerprint density at radius 2 is 1.88 bits per heavy atom. The summed E-state index contributed by atoms with van der Waals surface area (Å²) < 4.78 is 0. The second-order valence-electron chi connectivity index (χ2n) is 7.59. The lowest BCUT2D eigenvalue weighted by Gasteiger charge is -2.34. The van der Waals surface area contributed by atoms with Crippen LogP contribution in [0, 0.1) is 0 Å². The fourth-order valence-corrected chi connectivity index (χ4v) is 3.37. The number of hydrogen-bond donors (Lipinski definition) is 1. The van der Waals surface area contributed by atoms with Crippen LogP contribution in [-0.2, 0) is 11.3 Å². The van der Waals surface area contributed by atoms with E-state index in [-0.39, 0.29) is 11.9 Å². The van der Waals surface area contributed by atoms with Crippen molar-refractivity contribution in [1.29, 1.82) is 0 Å². The molecule has 0 aromatic heterocycles. The Bertz CT molecular complexity index is 549. The second kappa shape index (κ2) is 7.53. The number of anilines is 1. The van der Waals surface area contributed by atoms with Gasteiger partial charge >= 0.3 is 0 Å². The molecule has 1 aromatic carbocycles.